The van der Waals surface area contributed by atoms with E-state index in [1.54, 1.807) is 60.7 Å². The van der Waals surface area contributed by atoms with E-state index in [0.717, 1.165) is 0 Å². The summed E-state index contributed by atoms with van der Waals surface area (Å²) in [4.78, 5) is 12.2. The summed E-state index contributed by atoms with van der Waals surface area (Å²) in [6.45, 7) is 0. The number of ether oxygens (including phenoxy) is 1. The SMILES string of the molecule is COc1ccc(NC(=O)c2ccccc2)cc1S(=O)(=O)Nc1ccc(Cl)cc1. The molecule has 0 radical (unpaired) electrons. The quantitative estimate of drug-likeness (QED) is 0.623. The first-order valence-corrected chi connectivity index (χ1v) is 10.1. The molecule has 28 heavy (non-hydrogen) atoms. The predicted molar refractivity (Wildman–Crippen MR) is 110 cm³/mol. The lowest BCUT2D eigenvalue weighted by Gasteiger charge is -2.14. The Morgan fingerprint density at radius 1 is 0.929 bits per heavy atom. The minimum absolute atomic E-state index is 0.101. The molecule has 144 valence electrons. The van der Waals surface area contributed by atoms with Crippen LogP contribution in [0.3, 0.4) is 0 Å². The predicted octanol–water partition coefficient (Wildman–Crippen LogP) is 4.40. The molecule has 0 aliphatic heterocycles. The molecule has 0 aliphatic rings. The largest absolute Gasteiger partial charge is 0.495 e. The molecule has 2 N–H and O–H groups in total. The summed E-state index contributed by atoms with van der Waals surface area (Å²) < 4.78 is 33.3. The standard InChI is InChI=1S/C20H17ClN2O4S/c1-27-18-12-11-17(22-20(24)14-5-3-2-4-6-14)13-19(18)28(25,26)23-16-9-7-15(21)8-10-16/h2-13,23H,1H3,(H,22,24). The van der Waals surface area contributed by atoms with Crippen LogP contribution in [-0.4, -0.2) is 21.4 Å². The second-order valence-electron chi connectivity index (χ2n) is 5.80. The number of methoxy groups -OCH3 is 1. The van der Waals surface area contributed by atoms with E-state index in [4.69, 9.17) is 16.3 Å². The van der Waals surface area contributed by atoms with Gasteiger partial charge in [-0.25, -0.2) is 8.42 Å². The minimum Gasteiger partial charge on any atom is -0.495 e. The zero-order valence-corrected chi connectivity index (χ0v) is 16.4. The summed E-state index contributed by atoms with van der Waals surface area (Å²) in [5, 5.41) is 3.18. The summed E-state index contributed by atoms with van der Waals surface area (Å²) in [5.41, 5.74) is 1.14. The normalized spacial score (nSPS) is 10.9. The molecule has 0 saturated carbocycles. The Hall–Kier alpha value is -3.03. The highest BCUT2D eigenvalue weighted by molar-refractivity contribution is 7.92. The smallest absolute Gasteiger partial charge is 0.265 e. The van der Waals surface area contributed by atoms with Gasteiger partial charge in [0.2, 0.25) is 0 Å². The van der Waals surface area contributed by atoms with Gasteiger partial charge >= 0.3 is 0 Å². The van der Waals surface area contributed by atoms with Gasteiger partial charge in [-0.1, -0.05) is 29.8 Å². The maximum absolute atomic E-state index is 12.8. The van der Waals surface area contributed by atoms with E-state index in [0.29, 0.717) is 22.0 Å². The topological polar surface area (TPSA) is 84.5 Å². The van der Waals surface area contributed by atoms with E-state index in [1.165, 1.54) is 19.2 Å². The molecule has 0 bridgehead atoms. The summed E-state index contributed by atoms with van der Waals surface area (Å²) >= 11 is 5.83. The lowest BCUT2D eigenvalue weighted by molar-refractivity contribution is 0.102. The van der Waals surface area contributed by atoms with Gasteiger partial charge in [0.1, 0.15) is 10.6 Å². The van der Waals surface area contributed by atoms with Gasteiger partial charge in [-0.05, 0) is 54.6 Å². The second-order valence-corrected chi connectivity index (χ2v) is 7.89. The molecule has 0 fully saturated rings. The average Bonchev–Trinajstić information content (AvgIpc) is 2.70. The van der Waals surface area contributed by atoms with Crippen LogP contribution < -0.4 is 14.8 Å². The van der Waals surface area contributed by atoms with Crippen molar-refractivity contribution in [2.75, 3.05) is 17.1 Å². The molecular formula is C20H17ClN2O4S. The van der Waals surface area contributed by atoms with Crippen molar-refractivity contribution < 1.29 is 17.9 Å². The molecule has 0 unspecified atom stereocenters. The van der Waals surface area contributed by atoms with Crippen LogP contribution in [0.25, 0.3) is 0 Å². The van der Waals surface area contributed by atoms with Gasteiger partial charge in [-0.2, -0.15) is 0 Å². The third kappa shape index (κ3) is 4.62. The maximum atomic E-state index is 12.8. The monoisotopic (exact) mass is 416 g/mol. The molecule has 6 nitrogen and oxygen atoms in total. The fraction of sp³-hybridized carbons (Fsp3) is 0.0500. The second kappa shape index (κ2) is 8.33. The molecule has 0 heterocycles. The van der Waals surface area contributed by atoms with Crippen LogP contribution in [-0.2, 0) is 10.0 Å². The summed E-state index contributed by atoms with van der Waals surface area (Å²) in [7, 11) is -2.59. The molecule has 0 spiro atoms. The minimum atomic E-state index is -3.96. The first-order chi connectivity index (χ1) is 13.4. The average molecular weight is 417 g/mol. The number of hydrogen-bond donors (Lipinski definition) is 2. The van der Waals surface area contributed by atoms with E-state index in [2.05, 4.69) is 10.0 Å². The Bertz CT molecular complexity index is 1080. The lowest BCUT2D eigenvalue weighted by Crippen LogP contribution is -2.16. The molecule has 0 aromatic heterocycles. The Balaban J connectivity index is 1.90. The van der Waals surface area contributed by atoms with Crippen molar-refractivity contribution in [3.05, 3.63) is 83.4 Å². The highest BCUT2D eigenvalue weighted by Gasteiger charge is 2.21. The number of halogens is 1. The fourth-order valence-corrected chi connectivity index (χ4v) is 3.87. The van der Waals surface area contributed by atoms with Crippen molar-refractivity contribution in [1.29, 1.82) is 0 Å². The van der Waals surface area contributed by atoms with Crippen molar-refractivity contribution in [1.82, 2.24) is 0 Å². The van der Waals surface area contributed by atoms with Crippen molar-refractivity contribution in [2.24, 2.45) is 0 Å². The molecule has 3 aromatic carbocycles. The van der Waals surface area contributed by atoms with Crippen LogP contribution in [0.5, 0.6) is 5.75 Å². The Morgan fingerprint density at radius 2 is 1.57 bits per heavy atom. The van der Waals surface area contributed by atoms with E-state index >= 15 is 0 Å². The van der Waals surface area contributed by atoms with Gasteiger partial charge < -0.3 is 10.1 Å². The summed E-state index contributed by atoms with van der Waals surface area (Å²) in [6, 6.07) is 19.3. The number of hydrogen-bond acceptors (Lipinski definition) is 4. The Morgan fingerprint density at radius 3 is 2.21 bits per heavy atom. The molecule has 0 atom stereocenters. The van der Waals surface area contributed by atoms with Gasteiger partial charge in [0.15, 0.2) is 0 Å². The third-order valence-electron chi connectivity index (χ3n) is 3.84. The van der Waals surface area contributed by atoms with E-state index in [1.807, 2.05) is 0 Å². The highest BCUT2D eigenvalue weighted by atomic mass is 35.5. The highest BCUT2D eigenvalue weighted by Crippen LogP contribution is 2.29. The van der Waals surface area contributed by atoms with Crippen LogP contribution in [0.1, 0.15) is 10.4 Å². The van der Waals surface area contributed by atoms with Crippen LogP contribution >= 0.6 is 11.6 Å². The Labute approximate surface area is 168 Å². The number of carbonyl (C=O) groups excluding carboxylic acids is 1. The molecule has 3 aromatic rings. The van der Waals surface area contributed by atoms with Crippen LogP contribution in [0.15, 0.2) is 77.7 Å². The fourth-order valence-electron chi connectivity index (χ4n) is 2.49. The number of anilines is 2. The Kier molecular flexibility index (Phi) is 5.87. The number of rotatable bonds is 6. The molecule has 0 aliphatic carbocycles. The van der Waals surface area contributed by atoms with Crippen LogP contribution in [0.2, 0.25) is 5.02 Å². The van der Waals surface area contributed by atoms with Gasteiger partial charge in [-0.15, -0.1) is 0 Å². The van der Waals surface area contributed by atoms with Crippen LogP contribution in [0.4, 0.5) is 11.4 Å². The maximum Gasteiger partial charge on any atom is 0.265 e. The van der Waals surface area contributed by atoms with Crippen molar-refractivity contribution in [3.63, 3.8) is 0 Å². The summed E-state index contributed by atoms with van der Waals surface area (Å²) in [6.07, 6.45) is 0. The molecule has 1 amide bonds. The number of carbonyl (C=O) groups is 1. The van der Waals surface area contributed by atoms with E-state index in [9.17, 15) is 13.2 Å². The molecule has 0 saturated heterocycles. The van der Waals surface area contributed by atoms with Gasteiger partial charge in [0.05, 0.1) is 7.11 Å². The van der Waals surface area contributed by atoms with Gasteiger partial charge in [-0.3, -0.25) is 9.52 Å². The first-order valence-electron chi connectivity index (χ1n) is 8.22. The number of benzene rings is 3. The number of amides is 1. The lowest BCUT2D eigenvalue weighted by atomic mass is 10.2. The summed E-state index contributed by atoms with van der Waals surface area (Å²) in [5.74, 6) is -0.195. The van der Waals surface area contributed by atoms with Crippen molar-refractivity contribution in [3.8, 4) is 5.75 Å². The number of nitrogens with one attached hydrogen (secondary N) is 2. The molecular weight excluding hydrogens is 400 g/mol. The van der Waals surface area contributed by atoms with Crippen molar-refractivity contribution in [2.45, 2.75) is 4.90 Å². The van der Waals surface area contributed by atoms with E-state index in [-0.39, 0.29) is 16.6 Å². The first kappa shape index (κ1) is 19.7. The van der Waals surface area contributed by atoms with Gasteiger partial charge in [0.25, 0.3) is 15.9 Å². The van der Waals surface area contributed by atoms with E-state index < -0.39 is 10.0 Å². The molecule has 3 rings (SSSR count). The van der Waals surface area contributed by atoms with Crippen LogP contribution in [0, 0.1) is 0 Å². The molecule has 8 heteroatoms. The van der Waals surface area contributed by atoms with Gasteiger partial charge in [0, 0.05) is 22.0 Å². The zero-order valence-electron chi connectivity index (χ0n) is 14.8. The van der Waals surface area contributed by atoms with Crippen molar-refractivity contribution >= 4 is 38.9 Å². The third-order valence-corrected chi connectivity index (χ3v) is 5.50. The zero-order chi connectivity index (χ0) is 20.1. The number of sulfonamides is 1.